The molecule has 28 heavy (non-hydrogen) atoms. The molecular formula is C23H38N2O3. The van der Waals surface area contributed by atoms with Gasteiger partial charge in [0, 0.05) is 18.8 Å². The predicted molar refractivity (Wildman–Crippen MR) is 115 cm³/mol. The third kappa shape index (κ3) is 7.44. The number of benzene rings is 1. The van der Waals surface area contributed by atoms with Crippen molar-refractivity contribution >= 4 is 11.6 Å². The highest BCUT2D eigenvalue weighted by molar-refractivity contribution is 5.97. The molecular weight excluding hydrogens is 352 g/mol. The van der Waals surface area contributed by atoms with Crippen LogP contribution in [0.5, 0.6) is 5.75 Å². The van der Waals surface area contributed by atoms with E-state index in [1.807, 2.05) is 38.1 Å². The molecule has 0 aliphatic carbocycles. The number of amides is 1. The zero-order chi connectivity index (χ0) is 20.2. The van der Waals surface area contributed by atoms with Gasteiger partial charge >= 0.3 is 0 Å². The van der Waals surface area contributed by atoms with Crippen LogP contribution in [0.25, 0.3) is 0 Å². The number of nitrogens with zero attached hydrogens (tertiary/aromatic N) is 1. The minimum atomic E-state index is -0.784. The van der Waals surface area contributed by atoms with Crippen LogP contribution in [0.4, 0.5) is 5.69 Å². The molecule has 1 unspecified atom stereocenters. The van der Waals surface area contributed by atoms with Crippen molar-refractivity contribution in [1.29, 1.82) is 0 Å². The van der Waals surface area contributed by atoms with Gasteiger partial charge in [0.15, 0.2) is 0 Å². The van der Waals surface area contributed by atoms with Crippen molar-refractivity contribution in [3.8, 4) is 5.75 Å². The second-order valence-corrected chi connectivity index (χ2v) is 7.85. The van der Waals surface area contributed by atoms with Crippen LogP contribution in [0.2, 0.25) is 0 Å². The van der Waals surface area contributed by atoms with Crippen molar-refractivity contribution in [3.63, 3.8) is 0 Å². The highest BCUT2D eigenvalue weighted by Gasteiger charge is 2.33. The molecule has 0 spiro atoms. The first kappa shape index (κ1) is 22.7. The van der Waals surface area contributed by atoms with Gasteiger partial charge in [-0.2, -0.15) is 0 Å². The average molecular weight is 391 g/mol. The first-order valence-electron chi connectivity index (χ1n) is 11.0. The molecule has 5 nitrogen and oxygen atoms in total. The lowest BCUT2D eigenvalue weighted by Crippen LogP contribution is -2.42. The molecule has 1 aromatic carbocycles. The van der Waals surface area contributed by atoms with Crippen molar-refractivity contribution < 1.29 is 14.3 Å². The van der Waals surface area contributed by atoms with E-state index in [9.17, 15) is 4.79 Å². The van der Waals surface area contributed by atoms with Gasteiger partial charge in [0.25, 0.3) is 5.91 Å². The smallest absolute Gasteiger partial charge is 0.256 e. The standard InChI is InChI=1S/C23H38N2O3/c1-4-6-8-15-23(3,28-5-2)22(26)24-20-11-13-21(14-12-20)27-19-18-25-16-9-7-10-17-25/h11-14H,4-10,15-19H2,1-3H3,(H,24,26). The third-order valence-corrected chi connectivity index (χ3v) is 5.44. The monoisotopic (exact) mass is 390 g/mol. The summed E-state index contributed by atoms with van der Waals surface area (Å²) in [6.45, 7) is 10.6. The molecule has 1 aliphatic rings. The number of nitrogens with one attached hydrogen (secondary N) is 1. The second-order valence-electron chi connectivity index (χ2n) is 7.85. The van der Waals surface area contributed by atoms with E-state index in [1.54, 1.807) is 0 Å². The zero-order valence-corrected chi connectivity index (χ0v) is 18.0. The maximum absolute atomic E-state index is 12.8. The van der Waals surface area contributed by atoms with E-state index in [0.29, 0.717) is 13.2 Å². The highest BCUT2D eigenvalue weighted by Crippen LogP contribution is 2.23. The maximum atomic E-state index is 12.8. The fraction of sp³-hybridized carbons (Fsp3) is 0.696. The topological polar surface area (TPSA) is 50.8 Å². The van der Waals surface area contributed by atoms with Gasteiger partial charge in [-0.25, -0.2) is 0 Å². The molecule has 1 heterocycles. The van der Waals surface area contributed by atoms with Gasteiger partial charge < -0.3 is 14.8 Å². The summed E-state index contributed by atoms with van der Waals surface area (Å²) in [4.78, 5) is 15.2. The molecule has 1 saturated heterocycles. The van der Waals surface area contributed by atoms with Gasteiger partial charge in [0.05, 0.1) is 0 Å². The van der Waals surface area contributed by atoms with E-state index in [1.165, 1.54) is 32.4 Å². The Kier molecular flexibility index (Phi) is 9.79. The highest BCUT2D eigenvalue weighted by atomic mass is 16.5. The molecule has 1 N–H and O–H groups in total. The molecule has 1 aromatic rings. The lowest BCUT2D eigenvalue weighted by Gasteiger charge is -2.28. The number of hydrogen-bond acceptors (Lipinski definition) is 4. The summed E-state index contributed by atoms with van der Waals surface area (Å²) in [5, 5.41) is 3.00. The van der Waals surface area contributed by atoms with E-state index in [2.05, 4.69) is 17.1 Å². The Morgan fingerprint density at radius 3 is 2.46 bits per heavy atom. The summed E-state index contributed by atoms with van der Waals surface area (Å²) in [7, 11) is 0. The number of unbranched alkanes of at least 4 members (excludes halogenated alkanes) is 2. The number of rotatable bonds is 12. The SMILES string of the molecule is CCCCCC(C)(OCC)C(=O)Nc1ccc(OCCN2CCCCC2)cc1. The lowest BCUT2D eigenvalue weighted by atomic mass is 9.96. The predicted octanol–water partition coefficient (Wildman–Crippen LogP) is 4.87. The van der Waals surface area contributed by atoms with E-state index >= 15 is 0 Å². The van der Waals surface area contributed by atoms with E-state index in [0.717, 1.165) is 43.7 Å². The van der Waals surface area contributed by atoms with Crippen LogP contribution in [0.3, 0.4) is 0 Å². The third-order valence-electron chi connectivity index (χ3n) is 5.44. The van der Waals surface area contributed by atoms with Crippen LogP contribution in [0.15, 0.2) is 24.3 Å². The summed E-state index contributed by atoms with van der Waals surface area (Å²) < 4.78 is 11.7. The van der Waals surface area contributed by atoms with Crippen molar-refractivity contribution in [2.75, 3.05) is 38.2 Å². The van der Waals surface area contributed by atoms with Crippen LogP contribution in [-0.2, 0) is 9.53 Å². The van der Waals surface area contributed by atoms with Crippen LogP contribution < -0.4 is 10.1 Å². The Hall–Kier alpha value is -1.59. The van der Waals surface area contributed by atoms with Gasteiger partial charge in [-0.3, -0.25) is 9.69 Å². The maximum Gasteiger partial charge on any atom is 0.256 e. The largest absolute Gasteiger partial charge is 0.492 e. The molecule has 1 amide bonds. The number of ether oxygens (including phenoxy) is 2. The molecule has 2 rings (SSSR count). The summed E-state index contributed by atoms with van der Waals surface area (Å²) in [6, 6.07) is 7.63. The van der Waals surface area contributed by atoms with E-state index in [-0.39, 0.29) is 5.91 Å². The molecule has 0 bridgehead atoms. The van der Waals surface area contributed by atoms with Crippen molar-refractivity contribution in [1.82, 2.24) is 4.90 Å². The quantitative estimate of drug-likeness (QED) is 0.518. The minimum absolute atomic E-state index is 0.0794. The Labute approximate surface area is 170 Å². The molecule has 0 saturated carbocycles. The van der Waals surface area contributed by atoms with Gasteiger partial charge in [-0.05, 0) is 70.5 Å². The summed E-state index contributed by atoms with van der Waals surface area (Å²) in [5.74, 6) is 0.759. The van der Waals surface area contributed by atoms with Crippen LogP contribution in [0, 0.1) is 0 Å². The first-order chi connectivity index (χ1) is 13.6. The Bertz CT molecular complexity index is 570. The second kappa shape index (κ2) is 12.1. The Morgan fingerprint density at radius 2 is 1.82 bits per heavy atom. The first-order valence-corrected chi connectivity index (χ1v) is 11.0. The number of hydrogen-bond donors (Lipinski definition) is 1. The zero-order valence-electron chi connectivity index (χ0n) is 18.0. The van der Waals surface area contributed by atoms with Crippen LogP contribution >= 0.6 is 0 Å². The molecule has 158 valence electrons. The molecule has 1 atom stereocenters. The minimum Gasteiger partial charge on any atom is -0.492 e. The van der Waals surface area contributed by atoms with Crippen LogP contribution in [-0.4, -0.2) is 49.3 Å². The normalized spacial score (nSPS) is 17.1. The fourth-order valence-electron chi connectivity index (χ4n) is 3.66. The summed E-state index contributed by atoms with van der Waals surface area (Å²) in [6.07, 6.45) is 7.91. The number of likely N-dealkylation sites (tertiary alicyclic amines) is 1. The summed E-state index contributed by atoms with van der Waals surface area (Å²) in [5.41, 5.74) is -0.0112. The molecule has 1 fully saturated rings. The van der Waals surface area contributed by atoms with Gasteiger partial charge in [0.2, 0.25) is 0 Å². The lowest BCUT2D eigenvalue weighted by molar-refractivity contribution is -0.139. The van der Waals surface area contributed by atoms with Crippen LogP contribution in [0.1, 0.15) is 65.7 Å². The number of piperidine rings is 1. The van der Waals surface area contributed by atoms with E-state index in [4.69, 9.17) is 9.47 Å². The number of carbonyl (C=O) groups is 1. The van der Waals surface area contributed by atoms with E-state index < -0.39 is 5.60 Å². The number of anilines is 1. The van der Waals surface area contributed by atoms with Gasteiger partial charge in [0.1, 0.15) is 18.0 Å². The van der Waals surface area contributed by atoms with Gasteiger partial charge in [-0.1, -0.05) is 32.6 Å². The molecule has 0 radical (unpaired) electrons. The molecule has 5 heteroatoms. The van der Waals surface area contributed by atoms with Crippen molar-refractivity contribution in [2.45, 2.75) is 71.3 Å². The molecule has 1 aliphatic heterocycles. The van der Waals surface area contributed by atoms with Gasteiger partial charge in [-0.15, -0.1) is 0 Å². The fourth-order valence-corrected chi connectivity index (χ4v) is 3.66. The van der Waals surface area contributed by atoms with Crippen molar-refractivity contribution in [2.24, 2.45) is 0 Å². The van der Waals surface area contributed by atoms with Crippen molar-refractivity contribution in [3.05, 3.63) is 24.3 Å². The Morgan fingerprint density at radius 1 is 1.11 bits per heavy atom. The summed E-state index contributed by atoms with van der Waals surface area (Å²) >= 11 is 0. The Balaban J connectivity index is 1.81. The number of carbonyl (C=O) groups excluding carboxylic acids is 1. The average Bonchev–Trinajstić information content (AvgIpc) is 2.70. The molecule has 0 aromatic heterocycles.